The fraction of sp³-hybridized carbons (Fsp3) is 0.444. The van der Waals surface area contributed by atoms with Crippen molar-refractivity contribution in [2.45, 2.75) is 68.5 Å². The van der Waals surface area contributed by atoms with Crippen LogP contribution in [0.1, 0.15) is 66.8 Å². The zero-order chi connectivity index (χ0) is 25.6. The van der Waals surface area contributed by atoms with Gasteiger partial charge in [-0.1, -0.05) is 30.5 Å². The van der Waals surface area contributed by atoms with Gasteiger partial charge in [-0.2, -0.15) is 0 Å². The molecule has 2 aromatic rings. The highest BCUT2D eigenvalue weighted by molar-refractivity contribution is 6.31. The summed E-state index contributed by atoms with van der Waals surface area (Å²) < 4.78 is 27.6. The van der Waals surface area contributed by atoms with Crippen molar-refractivity contribution < 1.29 is 28.3 Å². The quantitative estimate of drug-likeness (QED) is 0.501. The summed E-state index contributed by atoms with van der Waals surface area (Å²) in [6, 6.07) is 7.66. The Morgan fingerprint density at radius 2 is 1.83 bits per heavy atom. The van der Waals surface area contributed by atoms with Gasteiger partial charge in [-0.15, -0.1) is 0 Å². The van der Waals surface area contributed by atoms with Crippen LogP contribution in [0.4, 0.5) is 14.5 Å². The van der Waals surface area contributed by atoms with E-state index in [2.05, 4.69) is 5.32 Å². The second-order valence-corrected chi connectivity index (χ2v) is 10.5. The molecule has 5 rings (SSSR count). The predicted octanol–water partition coefficient (Wildman–Crippen LogP) is 5.09. The lowest BCUT2D eigenvalue weighted by Gasteiger charge is -2.51. The predicted molar refractivity (Wildman–Crippen MR) is 130 cm³/mol. The van der Waals surface area contributed by atoms with Crippen LogP contribution in [0.2, 0.25) is 5.02 Å². The van der Waals surface area contributed by atoms with E-state index in [1.807, 2.05) is 0 Å². The van der Waals surface area contributed by atoms with E-state index < -0.39 is 35.0 Å². The number of nitrogens with zero attached hydrogens (tertiary/aromatic N) is 1. The maximum atomic E-state index is 14.0. The van der Waals surface area contributed by atoms with E-state index in [9.17, 15) is 28.3 Å². The molecule has 0 radical (unpaired) electrons. The zero-order valence-electron chi connectivity index (χ0n) is 19.6. The molecule has 1 aliphatic heterocycles. The highest BCUT2D eigenvalue weighted by Crippen LogP contribution is 2.54. The minimum atomic E-state index is -1.54. The third kappa shape index (κ3) is 4.00. The summed E-state index contributed by atoms with van der Waals surface area (Å²) in [5.74, 6) is -4.61. The Morgan fingerprint density at radius 3 is 2.47 bits per heavy atom. The second-order valence-electron chi connectivity index (χ2n) is 10.1. The Kier molecular flexibility index (Phi) is 6.59. The fourth-order valence-corrected chi connectivity index (χ4v) is 6.51. The topological polar surface area (TPSA) is 86.7 Å². The van der Waals surface area contributed by atoms with Crippen molar-refractivity contribution in [3.05, 3.63) is 64.2 Å². The molecule has 36 heavy (non-hydrogen) atoms. The molecule has 0 bridgehead atoms. The number of fused-ring (bicyclic) bond motifs is 2. The number of anilines is 1. The average Bonchev–Trinajstić information content (AvgIpc) is 3.29. The van der Waals surface area contributed by atoms with Crippen LogP contribution in [0.25, 0.3) is 0 Å². The van der Waals surface area contributed by atoms with Gasteiger partial charge in [0.15, 0.2) is 11.6 Å². The van der Waals surface area contributed by atoms with Gasteiger partial charge in [0.1, 0.15) is 11.8 Å². The van der Waals surface area contributed by atoms with Crippen LogP contribution >= 0.6 is 11.6 Å². The van der Waals surface area contributed by atoms with E-state index >= 15 is 0 Å². The summed E-state index contributed by atoms with van der Waals surface area (Å²) in [5, 5.41) is 14.3. The van der Waals surface area contributed by atoms with E-state index in [1.54, 1.807) is 23.1 Å². The number of carbonyl (C=O) groups is 3. The van der Waals surface area contributed by atoms with Crippen LogP contribution in [0.3, 0.4) is 0 Å². The molecule has 6 nitrogen and oxygen atoms in total. The number of amides is 1. The van der Waals surface area contributed by atoms with Crippen LogP contribution in [0.15, 0.2) is 36.4 Å². The van der Waals surface area contributed by atoms with E-state index in [0.29, 0.717) is 35.4 Å². The van der Waals surface area contributed by atoms with Gasteiger partial charge < -0.3 is 14.8 Å². The van der Waals surface area contributed by atoms with E-state index in [1.165, 1.54) is 6.07 Å². The number of rotatable bonds is 7. The third-order valence-corrected chi connectivity index (χ3v) is 8.38. The number of hydrogen-bond acceptors (Lipinski definition) is 4. The van der Waals surface area contributed by atoms with E-state index in [4.69, 9.17) is 11.6 Å². The first-order valence-corrected chi connectivity index (χ1v) is 12.7. The van der Waals surface area contributed by atoms with Crippen LogP contribution in [-0.4, -0.2) is 40.9 Å². The maximum Gasteiger partial charge on any atom is 0.325 e. The molecule has 3 aliphatic rings. The SMILES string of the molecule is O=CCC(NC1CCC1)(C(=O)O)C1c2ccc(Cl)cc2N(C(=O)c2ccc(F)c(F)c2)C2CCCC21. The van der Waals surface area contributed by atoms with E-state index in [0.717, 1.165) is 37.8 Å². The summed E-state index contributed by atoms with van der Waals surface area (Å²) in [6.07, 6.45) is 5.14. The summed E-state index contributed by atoms with van der Waals surface area (Å²) in [4.78, 5) is 40.1. The fourth-order valence-electron chi connectivity index (χ4n) is 6.34. The Hall–Kier alpha value is -2.84. The van der Waals surface area contributed by atoms with Gasteiger partial charge in [0.25, 0.3) is 5.91 Å². The van der Waals surface area contributed by atoms with E-state index in [-0.39, 0.29) is 30.0 Å². The Balaban J connectivity index is 1.67. The van der Waals surface area contributed by atoms with Crippen molar-refractivity contribution >= 4 is 35.5 Å². The molecular weight excluding hydrogens is 490 g/mol. The Bertz CT molecular complexity index is 1220. The first-order valence-electron chi connectivity index (χ1n) is 12.3. The van der Waals surface area contributed by atoms with Crippen molar-refractivity contribution in [2.24, 2.45) is 5.92 Å². The molecule has 4 unspecified atom stereocenters. The van der Waals surface area contributed by atoms with Crippen LogP contribution in [-0.2, 0) is 9.59 Å². The molecule has 0 aromatic heterocycles. The van der Waals surface area contributed by atoms with Crippen LogP contribution in [0.5, 0.6) is 0 Å². The highest BCUT2D eigenvalue weighted by Gasteiger charge is 2.57. The molecular formula is C27H27ClF2N2O4. The number of benzene rings is 2. The molecule has 0 saturated heterocycles. The first-order chi connectivity index (χ1) is 17.3. The number of nitrogens with one attached hydrogen (secondary N) is 1. The minimum Gasteiger partial charge on any atom is -0.480 e. The molecule has 2 saturated carbocycles. The maximum absolute atomic E-state index is 14.0. The summed E-state index contributed by atoms with van der Waals surface area (Å²) in [6.45, 7) is 0. The molecule has 190 valence electrons. The number of aldehydes is 1. The van der Waals surface area contributed by atoms with Gasteiger partial charge in [0.2, 0.25) is 0 Å². The number of hydrogen-bond donors (Lipinski definition) is 2. The Labute approximate surface area is 212 Å². The molecule has 2 N–H and O–H groups in total. The molecule has 2 fully saturated rings. The molecule has 2 aliphatic carbocycles. The summed E-state index contributed by atoms with van der Waals surface area (Å²) >= 11 is 6.35. The largest absolute Gasteiger partial charge is 0.480 e. The van der Waals surface area contributed by atoms with Crippen molar-refractivity contribution in [1.29, 1.82) is 0 Å². The lowest BCUT2D eigenvalue weighted by atomic mass is 9.65. The lowest BCUT2D eigenvalue weighted by molar-refractivity contribution is -0.149. The smallest absolute Gasteiger partial charge is 0.325 e. The monoisotopic (exact) mass is 516 g/mol. The molecule has 9 heteroatoms. The molecule has 2 aromatic carbocycles. The number of carboxylic acid groups (broad SMARTS) is 1. The van der Waals surface area contributed by atoms with Gasteiger partial charge in [-0.3, -0.25) is 14.9 Å². The number of carboxylic acids is 1. The van der Waals surface area contributed by atoms with Gasteiger partial charge in [0, 0.05) is 40.7 Å². The summed E-state index contributed by atoms with van der Waals surface area (Å²) in [5.41, 5.74) is -0.499. The Morgan fingerprint density at radius 1 is 1.08 bits per heavy atom. The van der Waals surface area contributed by atoms with Crippen molar-refractivity contribution in [3.63, 3.8) is 0 Å². The summed E-state index contributed by atoms with van der Waals surface area (Å²) in [7, 11) is 0. The molecule has 1 heterocycles. The van der Waals surface area contributed by atoms with Crippen molar-refractivity contribution in [1.82, 2.24) is 5.32 Å². The van der Waals surface area contributed by atoms with Gasteiger partial charge in [-0.25, -0.2) is 8.78 Å². The van der Waals surface area contributed by atoms with Crippen LogP contribution in [0, 0.1) is 17.6 Å². The molecule has 4 atom stereocenters. The number of carbonyl (C=O) groups excluding carboxylic acids is 2. The van der Waals surface area contributed by atoms with Gasteiger partial charge >= 0.3 is 5.97 Å². The van der Waals surface area contributed by atoms with Crippen molar-refractivity contribution in [2.75, 3.05) is 4.90 Å². The molecule has 1 amide bonds. The van der Waals surface area contributed by atoms with Gasteiger partial charge in [-0.05, 0) is 67.5 Å². The highest BCUT2D eigenvalue weighted by atomic mass is 35.5. The van der Waals surface area contributed by atoms with Gasteiger partial charge in [0.05, 0.1) is 0 Å². The number of aliphatic carboxylic acids is 1. The van der Waals surface area contributed by atoms with Crippen molar-refractivity contribution in [3.8, 4) is 0 Å². The number of halogens is 3. The molecule has 0 spiro atoms. The minimum absolute atomic E-state index is 0.00138. The average molecular weight is 517 g/mol. The third-order valence-electron chi connectivity index (χ3n) is 8.15. The first kappa shape index (κ1) is 24.8. The normalized spacial score (nSPS) is 24.9. The second kappa shape index (κ2) is 9.56. The zero-order valence-corrected chi connectivity index (χ0v) is 20.3. The lowest BCUT2D eigenvalue weighted by Crippen LogP contribution is -2.65. The standard InChI is InChI=1S/C27H27ClF2N2O4/c28-16-8-9-19-23(14-16)32(25(34)15-7-10-20(29)21(30)13-15)22-6-2-5-18(22)24(19)27(11-12-33,26(35)36)31-17-3-1-4-17/h7-10,12-14,17-18,22,24,31H,1-6,11H2,(H,35,36). The van der Waals surface area contributed by atoms with Crippen LogP contribution < -0.4 is 10.2 Å².